The Balaban J connectivity index is 1.57. The molecule has 4 bridgehead atoms. The maximum Gasteiger partial charge on any atom is 0.117 e. The molecule has 0 amide bonds. The Kier molecular flexibility index (Phi) is 2.72. The molecule has 5 rings (SSSR count). The average Bonchev–Trinajstić information content (AvgIpc) is 2.38. The summed E-state index contributed by atoms with van der Waals surface area (Å²) in [6, 6.07) is 0. The molecule has 0 aromatic rings. The van der Waals surface area contributed by atoms with Gasteiger partial charge in [0, 0.05) is 0 Å². The van der Waals surface area contributed by atoms with Crippen molar-refractivity contribution >= 4 is 7.28 Å². The van der Waals surface area contributed by atoms with E-state index >= 15 is 0 Å². The molecule has 4 unspecified atom stereocenters. The van der Waals surface area contributed by atoms with Crippen LogP contribution in [0.25, 0.3) is 0 Å². The second-order valence-corrected chi connectivity index (χ2v) is 9.16. The highest BCUT2D eigenvalue weighted by Gasteiger charge is 2.61. The molecule has 0 spiro atoms. The third-order valence-corrected chi connectivity index (χ3v) is 8.10. The summed E-state index contributed by atoms with van der Waals surface area (Å²) in [6.07, 6.45) is 12.2. The van der Waals surface area contributed by atoms with E-state index in [9.17, 15) is 0 Å². The lowest BCUT2D eigenvalue weighted by Gasteiger charge is -2.67. The van der Waals surface area contributed by atoms with Gasteiger partial charge in [-0.3, -0.25) is 0 Å². The first-order valence-corrected chi connectivity index (χ1v) is 8.85. The van der Waals surface area contributed by atoms with Gasteiger partial charge in [-0.15, -0.1) is 0 Å². The zero-order valence-electron chi connectivity index (χ0n) is 13.1. The lowest BCUT2D eigenvalue weighted by molar-refractivity contribution is -0.175. The van der Waals surface area contributed by atoms with E-state index in [0.29, 0.717) is 10.8 Å². The number of fused-ring (bicyclic) bond motifs is 4. The quantitative estimate of drug-likeness (QED) is 0.557. The summed E-state index contributed by atoms with van der Waals surface area (Å²) < 4.78 is 0. The van der Waals surface area contributed by atoms with Crippen LogP contribution >= 0.6 is 0 Å². The monoisotopic (exact) mass is 257 g/mol. The molecule has 0 aromatic carbocycles. The van der Waals surface area contributed by atoms with Crippen molar-refractivity contribution in [3.8, 4) is 0 Å². The second-order valence-electron chi connectivity index (χ2n) is 9.16. The van der Waals surface area contributed by atoms with Gasteiger partial charge in [-0.25, -0.2) is 0 Å². The topological polar surface area (TPSA) is 0 Å². The number of hydrogen-bond acceptors (Lipinski definition) is 0. The summed E-state index contributed by atoms with van der Waals surface area (Å²) in [4.78, 5) is 0. The third-order valence-electron chi connectivity index (χ3n) is 8.10. The van der Waals surface area contributed by atoms with Gasteiger partial charge in [0.1, 0.15) is 7.28 Å². The summed E-state index contributed by atoms with van der Waals surface area (Å²) in [7, 11) is 2.74. The lowest BCUT2D eigenvalue weighted by Crippen LogP contribution is -2.59. The van der Waals surface area contributed by atoms with Crippen LogP contribution in [0.4, 0.5) is 0 Å². The van der Waals surface area contributed by atoms with E-state index in [1.165, 1.54) is 44.9 Å². The van der Waals surface area contributed by atoms with Gasteiger partial charge in [-0.2, -0.15) is 0 Å². The Morgan fingerprint density at radius 2 is 1.53 bits per heavy atom. The lowest BCUT2D eigenvalue weighted by atomic mass is 9.34. The first-order chi connectivity index (χ1) is 9.00. The molecule has 5 atom stereocenters. The zero-order valence-corrected chi connectivity index (χ0v) is 13.1. The molecule has 2 saturated heterocycles. The predicted octanol–water partition coefficient (Wildman–Crippen LogP) is 5.32. The van der Waals surface area contributed by atoms with Crippen LogP contribution in [-0.2, 0) is 0 Å². The van der Waals surface area contributed by atoms with E-state index in [4.69, 9.17) is 0 Å². The minimum Gasteiger partial charge on any atom is -0.0683 e. The fraction of sp³-hybridized carbons (Fsp3) is 1.00. The number of rotatable bonds is 1. The molecule has 3 aliphatic carbocycles. The molecule has 1 radical (unpaired) electrons. The molecule has 5 fully saturated rings. The summed E-state index contributed by atoms with van der Waals surface area (Å²) in [5, 5.41) is 0. The predicted molar refractivity (Wildman–Crippen MR) is 82.5 cm³/mol. The Morgan fingerprint density at radius 1 is 0.842 bits per heavy atom. The number of hydrogen-bond donors (Lipinski definition) is 0. The van der Waals surface area contributed by atoms with Crippen LogP contribution in [-0.4, -0.2) is 7.28 Å². The van der Waals surface area contributed by atoms with E-state index in [2.05, 4.69) is 28.1 Å². The van der Waals surface area contributed by atoms with Gasteiger partial charge in [0.25, 0.3) is 0 Å². The molecule has 3 saturated carbocycles. The van der Waals surface area contributed by atoms with Crippen LogP contribution in [0, 0.1) is 28.6 Å². The molecular weight excluding hydrogens is 227 g/mol. The first-order valence-electron chi connectivity index (χ1n) is 8.85. The Bertz CT molecular complexity index is 360. The van der Waals surface area contributed by atoms with Crippen molar-refractivity contribution in [1.29, 1.82) is 0 Å². The SMILES string of the molecule is CC1(C)C2CCC(C)(C3CC4[B]C(CCC4)C3)[C@H]1C2. The highest BCUT2D eigenvalue weighted by molar-refractivity contribution is 6.40. The van der Waals surface area contributed by atoms with E-state index in [-0.39, 0.29) is 0 Å². The van der Waals surface area contributed by atoms with Crippen molar-refractivity contribution < 1.29 is 0 Å². The molecule has 1 heteroatoms. The van der Waals surface area contributed by atoms with E-state index in [1.54, 1.807) is 6.42 Å². The molecule has 0 aromatic heterocycles. The van der Waals surface area contributed by atoms with Crippen molar-refractivity contribution in [1.82, 2.24) is 0 Å². The maximum atomic E-state index is 2.74. The van der Waals surface area contributed by atoms with Crippen LogP contribution in [0.2, 0.25) is 11.6 Å². The smallest absolute Gasteiger partial charge is 0.0683 e. The molecule has 0 N–H and O–H groups in total. The van der Waals surface area contributed by atoms with E-state index in [0.717, 1.165) is 29.4 Å². The Labute approximate surface area is 120 Å². The molecular formula is C18H30B. The van der Waals surface area contributed by atoms with Crippen molar-refractivity contribution in [2.45, 2.75) is 83.8 Å². The van der Waals surface area contributed by atoms with E-state index in [1.807, 2.05) is 0 Å². The largest absolute Gasteiger partial charge is 0.117 e. The third kappa shape index (κ3) is 1.72. The van der Waals surface area contributed by atoms with Crippen molar-refractivity contribution in [2.24, 2.45) is 28.6 Å². The highest BCUT2D eigenvalue weighted by atomic mass is 14.7. The Hall–Kier alpha value is 0.0649. The summed E-state index contributed by atoms with van der Waals surface area (Å²) in [5.74, 6) is 5.09. The summed E-state index contributed by atoms with van der Waals surface area (Å²) >= 11 is 0. The van der Waals surface area contributed by atoms with Crippen LogP contribution in [0.1, 0.15) is 72.1 Å². The molecule has 105 valence electrons. The van der Waals surface area contributed by atoms with Gasteiger partial charge in [-0.1, -0.05) is 64.5 Å². The Morgan fingerprint density at radius 3 is 2.11 bits per heavy atom. The molecule has 5 aliphatic rings. The molecule has 2 heterocycles. The van der Waals surface area contributed by atoms with Crippen LogP contribution in [0.5, 0.6) is 0 Å². The van der Waals surface area contributed by atoms with Crippen molar-refractivity contribution in [3.05, 3.63) is 0 Å². The normalized spacial score (nSPS) is 55.0. The van der Waals surface area contributed by atoms with Crippen LogP contribution in [0.3, 0.4) is 0 Å². The second kappa shape index (κ2) is 4.04. The van der Waals surface area contributed by atoms with Gasteiger partial charge < -0.3 is 0 Å². The molecule has 2 aliphatic heterocycles. The van der Waals surface area contributed by atoms with Crippen LogP contribution < -0.4 is 0 Å². The fourth-order valence-electron chi connectivity index (χ4n) is 6.75. The van der Waals surface area contributed by atoms with E-state index < -0.39 is 0 Å². The van der Waals surface area contributed by atoms with Gasteiger partial charge in [0.05, 0.1) is 0 Å². The van der Waals surface area contributed by atoms with Gasteiger partial charge in [0.2, 0.25) is 0 Å². The van der Waals surface area contributed by atoms with Crippen LogP contribution in [0.15, 0.2) is 0 Å². The highest BCUT2D eigenvalue weighted by Crippen LogP contribution is 2.70. The summed E-state index contributed by atoms with van der Waals surface area (Å²) in [6.45, 7) is 7.82. The fourth-order valence-corrected chi connectivity index (χ4v) is 6.75. The van der Waals surface area contributed by atoms with Gasteiger partial charge >= 0.3 is 0 Å². The molecule has 0 nitrogen and oxygen atoms in total. The average molecular weight is 257 g/mol. The molecule has 19 heavy (non-hydrogen) atoms. The minimum absolute atomic E-state index is 0.656. The zero-order chi connectivity index (χ0) is 13.3. The standard InChI is InChI=1S/C18H30B/c1-17(2)12-7-8-18(3,16(17)11-12)13-9-14-5-4-6-15(10-13)19-14/h12-16H,4-11H2,1-3H3/t12?,13?,14?,15?,16-,18?/m0/s1. The summed E-state index contributed by atoms with van der Waals surface area (Å²) in [5.41, 5.74) is 1.34. The van der Waals surface area contributed by atoms with Crippen molar-refractivity contribution in [3.63, 3.8) is 0 Å². The van der Waals surface area contributed by atoms with Gasteiger partial charge in [-0.05, 0) is 47.8 Å². The minimum atomic E-state index is 0.656. The van der Waals surface area contributed by atoms with Gasteiger partial charge in [0.15, 0.2) is 0 Å². The maximum absolute atomic E-state index is 2.74. The first kappa shape index (κ1) is 12.8. The van der Waals surface area contributed by atoms with Crippen molar-refractivity contribution in [2.75, 3.05) is 0 Å².